The summed E-state index contributed by atoms with van der Waals surface area (Å²) in [6.45, 7) is 13.5. The van der Waals surface area contributed by atoms with Gasteiger partial charge in [-0.2, -0.15) is 0 Å². The van der Waals surface area contributed by atoms with Gasteiger partial charge in [0, 0.05) is 37.1 Å². The van der Waals surface area contributed by atoms with E-state index in [1.54, 1.807) is 0 Å². The molecule has 0 saturated carbocycles. The third-order valence-electron chi connectivity index (χ3n) is 4.96. The van der Waals surface area contributed by atoms with Crippen molar-refractivity contribution in [1.82, 2.24) is 29.5 Å². The van der Waals surface area contributed by atoms with E-state index in [1.807, 2.05) is 18.3 Å². The number of aryl methyl sites for hydroxylation is 3. The van der Waals surface area contributed by atoms with Gasteiger partial charge in [-0.05, 0) is 41.2 Å². The maximum absolute atomic E-state index is 4.55. The number of likely N-dealkylation sites (N-methyl/N-ethyl adjacent to an activating group) is 1. The van der Waals surface area contributed by atoms with Gasteiger partial charge >= 0.3 is 0 Å². The zero-order chi connectivity index (χ0) is 17.3. The number of hydrogen-bond acceptors (Lipinski definition) is 6. The van der Waals surface area contributed by atoms with E-state index in [0.717, 1.165) is 44.4 Å². The molecule has 1 fully saturated rings. The first-order valence-corrected chi connectivity index (χ1v) is 9.53. The predicted octanol–water partition coefficient (Wildman–Crippen LogP) is 2.39. The van der Waals surface area contributed by atoms with Crippen molar-refractivity contribution in [2.24, 2.45) is 0 Å². The highest BCUT2D eigenvalue weighted by atomic mass is 32.1. The van der Waals surface area contributed by atoms with Crippen LogP contribution in [-0.4, -0.2) is 55.7 Å². The molecular weight excluding hydrogens is 320 g/mol. The van der Waals surface area contributed by atoms with Gasteiger partial charge in [-0.15, -0.1) is 21.5 Å². The Morgan fingerprint density at radius 3 is 2.71 bits per heavy atom. The second-order valence-corrected chi connectivity index (χ2v) is 8.03. The first kappa shape index (κ1) is 17.5. The molecule has 7 heteroatoms. The Morgan fingerprint density at radius 2 is 2.04 bits per heavy atom. The highest BCUT2D eigenvalue weighted by Crippen LogP contribution is 2.23. The van der Waals surface area contributed by atoms with Gasteiger partial charge in [-0.25, -0.2) is 4.98 Å². The van der Waals surface area contributed by atoms with E-state index in [-0.39, 0.29) is 0 Å². The van der Waals surface area contributed by atoms with Gasteiger partial charge in [0.25, 0.3) is 0 Å². The Kier molecular flexibility index (Phi) is 5.32. The molecule has 0 N–H and O–H groups in total. The first-order valence-electron chi connectivity index (χ1n) is 8.72. The molecule has 1 aliphatic heterocycles. The van der Waals surface area contributed by atoms with E-state index in [4.69, 9.17) is 0 Å². The Balaban J connectivity index is 1.57. The summed E-state index contributed by atoms with van der Waals surface area (Å²) in [5.41, 5.74) is 1.20. The van der Waals surface area contributed by atoms with Crippen molar-refractivity contribution >= 4 is 11.3 Å². The summed E-state index contributed by atoms with van der Waals surface area (Å²) in [5, 5.41) is 9.74. The Labute approximate surface area is 148 Å². The van der Waals surface area contributed by atoms with Crippen molar-refractivity contribution in [1.29, 1.82) is 0 Å². The van der Waals surface area contributed by atoms with E-state index >= 15 is 0 Å². The normalized spacial score (nSPS) is 18.8. The van der Waals surface area contributed by atoms with E-state index < -0.39 is 0 Å². The van der Waals surface area contributed by atoms with Gasteiger partial charge in [0.05, 0.1) is 17.2 Å². The van der Waals surface area contributed by atoms with Crippen LogP contribution in [0.1, 0.15) is 40.6 Å². The van der Waals surface area contributed by atoms with Gasteiger partial charge in [-0.1, -0.05) is 0 Å². The lowest BCUT2D eigenvalue weighted by Gasteiger charge is -2.24. The lowest BCUT2D eigenvalue weighted by molar-refractivity contribution is 0.216. The Bertz CT molecular complexity index is 691. The fraction of sp³-hybridized carbons (Fsp3) is 0.706. The minimum absolute atomic E-state index is 0.585. The van der Waals surface area contributed by atoms with Crippen molar-refractivity contribution in [3.8, 4) is 0 Å². The molecule has 24 heavy (non-hydrogen) atoms. The zero-order valence-electron chi connectivity index (χ0n) is 15.4. The standard InChI is InChI=1S/C17H28N6S/c1-6-23-13(3)19-20-17(23)11-21(5)15-7-8-22(9-15)10-16-12(2)18-14(4)24-16/h15H,6-11H2,1-5H3/t15-/m1/s1. The molecule has 0 bridgehead atoms. The summed E-state index contributed by atoms with van der Waals surface area (Å²) < 4.78 is 2.20. The van der Waals surface area contributed by atoms with Crippen LogP contribution >= 0.6 is 11.3 Å². The molecule has 0 unspecified atom stereocenters. The summed E-state index contributed by atoms with van der Waals surface area (Å²) >= 11 is 1.83. The molecule has 1 saturated heterocycles. The maximum Gasteiger partial charge on any atom is 0.147 e. The van der Waals surface area contributed by atoms with Crippen LogP contribution in [0.2, 0.25) is 0 Å². The van der Waals surface area contributed by atoms with Crippen LogP contribution in [0.15, 0.2) is 0 Å². The molecule has 0 amide bonds. The van der Waals surface area contributed by atoms with Crippen LogP contribution in [0.4, 0.5) is 0 Å². The van der Waals surface area contributed by atoms with Crippen molar-refractivity contribution in [3.05, 3.63) is 27.2 Å². The van der Waals surface area contributed by atoms with E-state index in [1.165, 1.54) is 22.0 Å². The number of likely N-dealkylation sites (tertiary alicyclic amines) is 1. The van der Waals surface area contributed by atoms with Crippen molar-refractivity contribution in [2.75, 3.05) is 20.1 Å². The van der Waals surface area contributed by atoms with Gasteiger partial charge in [-0.3, -0.25) is 9.80 Å². The van der Waals surface area contributed by atoms with E-state index in [9.17, 15) is 0 Å². The second kappa shape index (κ2) is 7.29. The van der Waals surface area contributed by atoms with Gasteiger partial charge < -0.3 is 4.57 Å². The molecule has 0 radical (unpaired) electrons. The molecule has 0 aliphatic carbocycles. The van der Waals surface area contributed by atoms with Crippen LogP contribution in [0.3, 0.4) is 0 Å². The number of rotatable bonds is 6. The molecule has 1 atom stereocenters. The molecule has 6 nitrogen and oxygen atoms in total. The highest BCUT2D eigenvalue weighted by Gasteiger charge is 2.27. The lowest BCUT2D eigenvalue weighted by atomic mass is 10.2. The fourth-order valence-corrected chi connectivity index (χ4v) is 4.52. The van der Waals surface area contributed by atoms with Crippen LogP contribution in [0.5, 0.6) is 0 Å². The molecule has 3 rings (SSSR count). The van der Waals surface area contributed by atoms with Crippen molar-refractivity contribution < 1.29 is 0 Å². The SMILES string of the molecule is CCn1c(C)nnc1CN(C)[C@@H]1CCN(Cc2sc(C)nc2C)C1. The number of hydrogen-bond donors (Lipinski definition) is 0. The molecule has 0 aromatic carbocycles. The van der Waals surface area contributed by atoms with Crippen LogP contribution in [0.25, 0.3) is 0 Å². The summed E-state index contributed by atoms with van der Waals surface area (Å²) in [6, 6.07) is 0.585. The minimum Gasteiger partial charge on any atom is -0.314 e. The Morgan fingerprint density at radius 1 is 1.25 bits per heavy atom. The van der Waals surface area contributed by atoms with E-state index in [2.05, 4.69) is 57.4 Å². The van der Waals surface area contributed by atoms with Crippen molar-refractivity contribution in [2.45, 2.75) is 59.8 Å². The average molecular weight is 349 g/mol. The smallest absolute Gasteiger partial charge is 0.147 e. The zero-order valence-corrected chi connectivity index (χ0v) is 16.2. The van der Waals surface area contributed by atoms with E-state index in [0.29, 0.717) is 6.04 Å². The molecule has 2 aromatic heterocycles. The molecule has 0 spiro atoms. The quantitative estimate of drug-likeness (QED) is 0.802. The minimum atomic E-state index is 0.585. The van der Waals surface area contributed by atoms with Crippen LogP contribution in [0, 0.1) is 20.8 Å². The summed E-state index contributed by atoms with van der Waals surface area (Å²) in [4.78, 5) is 10.9. The molecule has 2 aromatic rings. The predicted molar refractivity (Wildman–Crippen MR) is 97.2 cm³/mol. The number of nitrogens with zero attached hydrogens (tertiary/aromatic N) is 6. The summed E-state index contributed by atoms with van der Waals surface area (Å²) in [6.07, 6.45) is 1.21. The fourth-order valence-electron chi connectivity index (χ4n) is 3.54. The molecule has 3 heterocycles. The topological polar surface area (TPSA) is 50.1 Å². The van der Waals surface area contributed by atoms with Gasteiger partial charge in [0.2, 0.25) is 0 Å². The number of aromatic nitrogens is 4. The molecule has 132 valence electrons. The summed E-state index contributed by atoms with van der Waals surface area (Å²) in [5.74, 6) is 2.08. The summed E-state index contributed by atoms with van der Waals surface area (Å²) in [7, 11) is 2.21. The van der Waals surface area contributed by atoms with Crippen LogP contribution in [-0.2, 0) is 19.6 Å². The maximum atomic E-state index is 4.55. The molecule has 1 aliphatic rings. The van der Waals surface area contributed by atoms with Gasteiger partial charge in [0.15, 0.2) is 0 Å². The second-order valence-electron chi connectivity index (χ2n) is 6.74. The molecular formula is C17H28N6S. The monoisotopic (exact) mass is 348 g/mol. The Hall–Kier alpha value is -1.31. The van der Waals surface area contributed by atoms with Gasteiger partial charge in [0.1, 0.15) is 11.6 Å². The van der Waals surface area contributed by atoms with Crippen molar-refractivity contribution in [3.63, 3.8) is 0 Å². The largest absolute Gasteiger partial charge is 0.314 e. The lowest BCUT2D eigenvalue weighted by Crippen LogP contribution is -2.34. The third-order valence-corrected chi connectivity index (χ3v) is 6.01. The number of thiazole rings is 1. The average Bonchev–Trinajstić information content (AvgIpc) is 3.21. The highest BCUT2D eigenvalue weighted by molar-refractivity contribution is 7.11. The first-order chi connectivity index (χ1) is 11.5. The third kappa shape index (κ3) is 3.68. The van der Waals surface area contributed by atoms with Crippen LogP contribution < -0.4 is 0 Å².